The van der Waals surface area contributed by atoms with E-state index < -0.39 is 11.9 Å². The van der Waals surface area contributed by atoms with Crippen LogP contribution in [0.15, 0.2) is 54.6 Å². The van der Waals surface area contributed by atoms with Crippen molar-refractivity contribution in [2.45, 2.75) is 6.04 Å². The summed E-state index contributed by atoms with van der Waals surface area (Å²) < 4.78 is 6.41. The van der Waals surface area contributed by atoms with E-state index in [1.807, 2.05) is 12.4 Å². The van der Waals surface area contributed by atoms with E-state index in [1.54, 1.807) is 55.6 Å². The molecule has 0 aliphatic rings. The van der Waals surface area contributed by atoms with Crippen LogP contribution in [0.1, 0.15) is 22.1 Å². The summed E-state index contributed by atoms with van der Waals surface area (Å²) in [5.41, 5.74) is 1.20. The van der Waals surface area contributed by atoms with Gasteiger partial charge in [0.2, 0.25) is 6.29 Å². The van der Waals surface area contributed by atoms with Crippen molar-refractivity contribution in [2.75, 3.05) is 7.11 Å². The van der Waals surface area contributed by atoms with Crippen LogP contribution in [0.3, 0.4) is 0 Å². The number of nitrogens with one attached hydrogen (secondary N) is 1. The maximum absolute atomic E-state index is 12.7. The molecule has 1 heterocycles. The number of aromatic nitrogens is 3. The lowest BCUT2D eigenvalue weighted by Gasteiger charge is -2.13. The highest BCUT2D eigenvalue weighted by atomic mass is 35.5. The highest BCUT2D eigenvalue weighted by Crippen LogP contribution is 2.20. The number of methoxy groups -OCH3 is 1. The molecule has 7 nitrogen and oxygen atoms in total. The van der Waals surface area contributed by atoms with Crippen LogP contribution in [-0.2, 0) is 4.79 Å². The van der Waals surface area contributed by atoms with Gasteiger partial charge in [0.05, 0.1) is 12.8 Å². The van der Waals surface area contributed by atoms with E-state index in [0.29, 0.717) is 17.0 Å². The van der Waals surface area contributed by atoms with Gasteiger partial charge in [0.1, 0.15) is 11.8 Å². The van der Waals surface area contributed by atoms with E-state index in [-0.39, 0.29) is 10.8 Å². The maximum atomic E-state index is 12.7. The molecule has 3 aromatic rings. The molecule has 2 aromatic carbocycles. The number of carbonyl (C=O) groups excluding carboxylic acids is 2. The van der Waals surface area contributed by atoms with E-state index in [2.05, 4.69) is 15.6 Å². The number of nitrogens with zero attached hydrogens (tertiary/aromatic N) is 3. The Morgan fingerprint density at radius 3 is 2.50 bits per heavy atom. The Morgan fingerprint density at radius 1 is 1.19 bits per heavy atom. The first-order chi connectivity index (χ1) is 12.6. The second-order valence-electron chi connectivity index (χ2n) is 5.27. The minimum absolute atomic E-state index is 0.0213. The van der Waals surface area contributed by atoms with Gasteiger partial charge in [-0.3, -0.25) is 9.59 Å². The molecule has 3 rings (SSSR count). The lowest BCUT2D eigenvalue weighted by molar-refractivity contribution is 0.0938. The highest BCUT2D eigenvalue weighted by Gasteiger charge is 2.24. The summed E-state index contributed by atoms with van der Waals surface area (Å²) in [7, 11) is 1.56. The monoisotopic (exact) mass is 369 g/mol. The summed E-state index contributed by atoms with van der Waals surface area (Å²) in [4.78, 5) is 24.0. The zero-order chi connectivity index (χ0) is 18.5. The smallest absolute Gasteiger partial charge is 0.274 e. The molecule has 1 aromatic heterocycles. The molecule has 1 atom stereocenters. The Bertz CT molecular complexity index is 910. The van der Waals surface area contributed by atoms with Crippen LogP contribution in [-0.4, -0.2) is 34.3 Å². The molecular weight excluding hydrogens is 356 g/mol. The van der Waals surface area contributed by atoms with Gasteiger partial charge in [-0.15, -0.1) is 5.10 Å². The second-order valence-corrected chi connectivity index (χ2v) is 5.63. The van der Waals surface area contributed by atoms with Crippen molar-refractivity contribution in [3.8, 4) is 11.4 Å². The van der Waals surface area contributed by atoms with Crippen molar-refractivity contribution in [3.63, 3.8) is 0 Å². The first kappa shape index (κ1) is 17.6. The van der Waals surface area contributed by atoms with Gasteiger partial charge in [-0.05, 0) is 29.8 Å². The average molecular weight is 370 g/mol. The van der Waals surface area contributed by atoms with Crippen molar-refractivity contribution >= 4 is 23.8 Å². The number of halogens is 1. The van der Waals surface area contributed by atoms with Crippen LogP contribution in [0.25, 0.3) is 5.69 Å². The highest BCUT2D eigenvalue weighted by molar-refractivity contribution is 6.32. The minimum atomic E-state index is -0.931. The summed E-state index contributed by atoms with van der Waals surface area (Å²) in [5, 5.41) is 10.2. The Balaban J connectivity index is 1.90. The van der Waals surface area contributed by atoms with Gasteiger partial charge in [-0.2, -0.15) is 0 Å². The van der Waals surface area contributed by atoms with Crippen molar-refractivity contribution in [2.24, 2.45) is 0 Å². The molecule has 0 saturated heterocycles. The van der Waals surface area contributed by atoms with Crippen LogP contribution in [0.5, 0.6) is 5.75 Å². The van der Waals surface area contributed by atoms with Crippen LogP contribution < -0.4 is 10.1 Å². The first-order valence-corrected chi connectivity index (χ1v) is 8.01. The predicted molar refractivity (Wildman–Crippen MR) is 95.3 cm³/mol. The summed E-state index contributed by atoms with van der Waals surface area (Å²) in [5.74, 6) is 0.0682. The zero-order valence-corrected chi connectivity index (χ0v) is 14.5. The Hall–Kier alpha value is -3.19. The first-order valence-electron chi connectivity index (χ1n) is 7.63. The predicted octanol–water partition coefficient (Wildman–Crippen LogP) is 2.51. The fourth-order valence-electron chi connectivity index (χ4n) is 2.38. The number of hydrogen-bond acceptors (Lipinski definition) is 5. The molecule has 1 N–H and O–H groups in total. The second kappa shape index (κ2) is 7.79. The summed E-state index contributed by atoms with van der Waals surface area (Å²) in [6.45, 7) is 0. The molecule has 0 aliphatic heterocycles. The SMILES string of the molecule is COc1ccc(-n2nnc(Cl)c2C(=O)NC([C]=O)c2ccccc2)cc1. The van der Waals surface area contributed by atoms with E-state index in [1.165, 1.54) is 4.68 Å². The summed E-state index contributed by atoms with van der Waals surface area (Å²) >= 11 is 6.04. The van der Waals surface area contributed by atoms with Crippen molar-refractivity contribution in [3.05, 3.63) is 71.0 Å². The lowest BCUT2D eigenvalue weighted by Crippen LogP contribution is -2.31. The third kappa shape index (κ3) is 3.57. The number of carbonyl (C=O) groups is 1. The maximum Gasteiger partial charge on any atom is 0.274 e. The van der Waals surface area contributed by atoms with Crippen LogP contribution in [0, 0.1) is 0 Å². The summed E-state index contributed by atoms with van der Waals surface area (Å²) in [6, 6.07) is 14.7. The average Bonchev–Trinajstić information content (AvgIpc) is 3.08. The molecule has 0 bridgehead atoms. The van der Waals surface area contributed by atoms with Crippen LogP contribution in [0.4, 0.5) is 0 Å². The van der Waals surface area contributed by atoms with Gasteiger partial charge in [0.25, 0.3) is 5.91 Å². The molecule has 131 valence electrons. The molecule has 0 aliphatic carbocycles. The van der Waals surface area contributed by atoms with E-state index in [0.717, 1.165) is 0 Å². The molecule has 1 radical (unpaired) electrons. The normalized spacial score (nSPS) is 11.6. The van der Waals surface area contributed by atoms with E-state index >= 15 is 0 Å². The number of amides is 1. The Labute approximate surface area is 154 Å². The molecule has 0 fully saturated rings. The van der Waals surface area contributed by atoms with Gasteiger partial charge >= 0.3 is 0 Å². The van der Waals surface area contributed by atoms with E-state index in [4.69, 9.17) is 16.3 Å². The van der Waals surface area contributed by atoms with Crippen molar-refractivity contribution in [1.29, 1.82) is 0 Å². The van der Waals surface area contributed by atoms with Gasteiger partial charge in [0, 0.05) is 0 Å². The number of ether oxygens (including phenoxy) is 1. The fourth-order valence-corrected chi connectivity index (χ4v) is 2.58. The molecule has 0 spiro atoms. The van der Waals surface area contributed by atoms with Gasteiger partial charge in [0.15, 0.2) is 10.8 Å². The third-order valence-electron chi connectivity index (χ3n) is 3.69. The molecule has 1 amide bonds. The third-order valence-corrected chi connectivity index (χ3v) is 3.94. The largest absolute Gasteiger partial charge is 0.497 e. The number of benzene rings is 2. The molecule has 8 heteroatoms. The fraction of sp³-hybridized carbons (Fsp3) is 0.111. The minimum Gasteiger partial charge on any atom is -0.497 e. The van der Waals surface area contributed by atoms with Gasteiger partial charge in [-0.25, -0.2) is 4.68 Å². The molecule has 26 heavy (non-hydrogen) atoms. The zero-order valence-electron chi connectivity index (χ0n) is 13.7. The van der Waals surface area contributed by atoms with Crippen LogP contribution >= 0.6 is 11.6 Å². The van der Waals surface area contributed by atoms with Gasteiger partial charge < -0.3 is 10.1 Å². The summed E-state index contributed by atoms with van der Waals surface area (Å²) in [6.07, 6.45) is 1.81. The molecular formula is C18H14ClN4O3. The quantitative estimate of drug-likeness (QED) is 0.721. The van der Waals surface area contributed by atoms with Crippen molar-refractivity contribution < 1.29 is 14.3 Å². The number of hydrogen-bond donors (Lipinski definition) is 1. The Morgan fingerprint density at radius 2 is 1.88 bits per heavy atom. The van der Waals surface area contributed by atoms with Crippen molar-refractivity contribution in [1.82, 2.24) is 20.3 Å². The molecule has 1 unspecified atom stereocenters. The van der Waals surface area contributed by atoms with Gasteiger partial charge in [-0.1, -0.05) is 47.1 Å². The lowest BCUT2D eigenvalue weighted by atomic mass is 10.1. The van der Waals surface area contributed by atoms with Crippen LogP contribution in [0.2, 0.25) is 5.15 Å². The number of rotatable bonds is 6. The topological polar surface area (TPSA) is 86.1 Å². The standard InChI is InChI=1S/C18H14ClN4O3/c1-26-14-9-7-13(8-10-14)23-16(17(19)21-22-23)18(25)20-15(11-24)12-5-3-2-4-6-12/h2-10,15H,1H3,(H,20,25). The molecule has 0 saturated carbocycles. The van der Waals surface area contributed by atoms with E-state index in [9.17, 15) is 9.59 Å². The Kier molecular flexibility index (Phi) is 5.28.